The van der Waals surface area contributed by atoms with Crippen LogP contribution in [0.4, 0.5) is 15.3 Å². The summed E-state index contributed by atoms with van der Waals surface area (Å²) < 4.78 is 10.0. The molecule has 0 aliphatic carbocycles. The largest absolute Gasteiger partial charge is 0.464 e. The molecule has 0 aliphatic rings. The second-order valence-electron chi connectivity index (χ2n) is 6.64. The number of para-hydroxylation sites is 1. The second kappa shape index (κ2) is 10.9. The second-order valence-corrected chi connectivity index (χ2v) is 6.64. The van der Waals surface area contributed by atoms with Crippen molar-refractivity contribution < 1.29 is 23.9 Å². The number of nitrogens with zero attached hydrogens (tertiary/aromatic N) is 1. The minimum atomic E-state index is -1.12. The van der Waals surface area contributed by atoms with E-state index < -0.39 is 29.7 Å². The average molecular weight is 393 g/mol. The van der Waals surface area contributed by atoms with Gasteiger partial charge in [0.05, 0.1) is 12.3 Å². The zero-order valence-electron chi connectivity index (χ0n) is 16.7. The fraction of sp³-hybridized carbons (Fsp3) is 0.444. The molecule has 0 bridgehead atoms. The lowest BCUT2D eigenvalue weighted by atomic mass is 10.2. The number of carbonyl (C=O) groups excluding carboxylic acids is 3. The number of amides is 3. The van der Waals surface area contributed by atoms with Gasteiger partial charge in [-0.05, 0) is 46.8 Å². The maximum atomic E-state index is 12.1. The van der Waals surface area contributed by atoms with Gasteiger partial charge in [-0.25, -0.2) is 25.2 Å². The van der Waals surface area contributed by atoms with Crippen LogP contribution in [0.15, 0.2) is 35.4 Å². The van der Waals surface area contributed by atoms with Crippen LogP contribution in [0.25, 0.3) is 0 Å². The van der Waals surface area contributed by atoms with E-state index in [1.807, 2.05) is 6.07 Å². The van der Waals surface area contributed by atoms with E-state index in [0.29, 0.717) is 5.69 Å². The average Bonchev–Trinajstić information content (AvgIpc) is 2.59. The smallest absolute Gasteiger partial charge is 0.422 e. The number of anilines is 1. The van der Waals surface area contributed by atoms with Gasteiger partial charge in [-0.3, -0.25) is 5.43 Å². The standard InChI is InChI=1S/C18H27N5O5/c1-6-27-15(24)14(21-23-17(26)28-18(3,4)5)12(2)20-22-16(25)19-13-10-8-7-9-11-13/h7-11,14,21H,6H2,1-5H3,(H,23,26)(H2,19,22,25)/b20-12+. The maximum absolute atomic E-state index is 12.1. The van der Waals surface area contributed by atoms with E-state index in [4.69, 9.17) is 9.47 Å². The third-order valence-corrected chi connectivity index (χ3v) is 3.02. The van der Waals surface area contributed by atoms with E-state index in [0.717, 1.165) is 0 Å². The Morgan fingerprint density at radius 3 is 2.36 bits per heavy atom. The number of ether oxygens (including phenoxy) is 2. The number of hydrogen-bond acceptors (Lipinski definition) is 7. The minimum Gasteiger partial charge on any atom is -0.464 e. The Morgan fingerprint density at radius 1 is 1.14 bits per heavy atom. The highest BCUT2D eigenvalue weighted by atomic mass is 16.6. The SMILES string of the molecule is CCOC(=O)C(NNC(=O)OC(C)(C)C)/C(C)=N/NC(=O)Nc1ccccc1. The molecule has 0 saturated carbocycles. The first-order valence-corrected chi connectivity index (χ1v) is 8.69. The van der Waals surface area contributed by atoms with Crippen LogP contribution in [-0.4, -0.2) is 42.1 Å². The third-order valence-electron chi connectivity index (χ3n) is 3.02. The minimum absolute atomic E-state index is 0.138. The van der Waals surface area contributed by atoms with Crippen molar-refractivity contribution in [3.8, 4) is 0 Å². The Kier molecular flexibility index (Phi) is 8.89. The molecule has 10 heteroatoms. The van der Waals surface area contributed by atoms with E-state index >= 15 is 0 Å². The molecule has 0 fully saturated rings. The molecule has 0 heterocycles. The van der Waals surface area contributed by atoms with E-state index in [1.54, 1.807) is 52.0 Å². The van der Waals surface area contributed by atoms with Crippen molar-refractivity contribution in [1.82, 2.24) is 16.3 Å². The number of hydrazone groups is 1. The zero-order valence-corrected chi connectivity index (χ0v) is 16.7. The van der Waals surface area contributed by atoms with Crippen molar-refractivity contribution >= 4 is 29.5 Å². The molecule has 154 valence electrons. The summed E-state index contributed by atoms with van der Waals surface area (Å²) in [6.07, 6.45) is -0.774. The third kappa shape index (κ3) is 8.99. The van der Waals surface area contributed by atoms with Crippen molar-refractivity contribution in [3.05, 3.63) is 30.3 Å². The number of benzene rings is 1. The first-order chi connectivity index (χ1) is 13.1. The summed E-state index contributed by atoms with van der Waals surface area (Å²) in [5, 5.41) is 6.46. The van der Waals surface area contributed by atoms with Crippen LogP contribution in [0.3, 0.4) is 0 Å². The summed E-state index contributed by atoms with van der Waals surface area (Å²) in [6, 6.07) is 7.07. The molecule has 0 radical (unpaired) electrons. The fourth-order valence-corrected chi connectivity index (χ4v) is 1.88. The summed E-state index contributed by atoms with van der Waals surface area (Å²) in [6.45, 7) is 8.40. The monoisotopic (exact) mass is 393 g/mol. The van der Waals surface area contributed by atoms with E-state index in [-0.39, 0.29) is 12.3 Å². The first kappa shape index (κ1) is 22.9. The molecule has 0 saturated heterocycles. The zero-order chi connectivity index (χ0) is 21.2. The Bertz CT molecular complexity index is 700. The molecule has 0 aliphatic heterocycles. The number of hydrogen-bond donors (Lipinski definition) is 4. The highest BCUT2D eigenvalue weighted by Crippen LogP contribution is 2.06. The number of esters is 1. The van der Waals surface area contributed by atoms with Crippen LogP contribution < -0.4 is 21.6 Å². The van der Waals surface area contributed by atoms with Crippen LogP contribution in [0.5, 0.6) is 0 Å². The van der Waals surface area contributed by atoms with Gasteiger partial charge in [0.1, 0.15) is 5.60 Å². The number of nitrogens with one attached hydrogen (secondary N) is 4. The Hall–Kier alpha value is -3.14. The summed E-state index contributed by atoms with van der Waals surface area (Å²) in [7, 11) is 0. The topological polar surface area (TPSA) is 130 Å². The Morgan fingerprint density at radius 2 is 1.79 bits per heavy atom. The molecule has 1 unspecified atom stereocenters. The molecular weight excluding hydrogens is 366 g/mol. The van der Waals surface area contributed by atoms with Crippen LogP contribution in [-0.2, 0) is 14.3 Å². The van der Waals surface area contributed by atoms with Crippen molar-refractivity contribution in [3.63, 3.8) is 0 Å². The van der Waals surface area contributed by atoms with Gasteiger partial charge in [0.2, 0.25) is 0 Å². The molecule has 0 spiro atoms. The van der Waals surface area contributed by atoms with Crippen molar-refractivity contribution in [2.24, 2.45) is 5.10 Å². The van der Waals surface area contributed by atoms with Crippen LogP contribution in [0.1, 0.15) is 34.6 Å². The van der Waals surface area contributed by atoms with E-state index in [9.17, 15) is 14.4 Å². The number of carbonyl (C=O) groups is 3. The molecule has 1 aromatic rings. The lowest BCUT2D eigenvalue weighted by Crippen LogP contribution is -2.53. The van der Waals surface area contributed by atoms with Gasteiger partial charge in [0, 0.05) is 5.69 Å². The lowest BCUT2D eigenvalue weighted by molar-refractivity contribution is -0.143. The first-order valence-electron chi connectivity index (χ1n) is 8.69. The number of urea groups is 1. The van der Waals surface area contributed by atoms with Gasteiger partial charge in [0.25, 0.3) is 0 Å². The van der Waals surface area contributed by atoms with Crippen LogP contribution >= 0.6 is 0 Å². The predicted molar refractivity (Wildman–Crippen MR) is 105 cm³/mol. The van der Waals surface area contributed by atoms with Crippen LogP contribution in [0.2, 0.25) is 0 Å². The lowest BCUT2D eigenvalue weighted by Gasteiger charge is -2.22. The normalized spacial score (nSPS) is 12.5. The molecule has 1 aromatic carbocycles. The van der Waals surface area contributed by atoms with Crippen molar-refractivity contribution in [1.29, 1.82) is 0 Å². The molecule has 0 aromatic heterocycles. The van der Waals surface area contributed by atoms with Gasteiger partial charge in [0.15, 0.2) is 6.04 Å². The molecule has 10 nitrogen and oxygen atoms in total. The molecule has 1 atom stereocenters. The highest BCUT2D eigenvalue weighted by Gasteiger charge is 2.25. The van der Waals surface area contributed by atoms with Gasteiger partial charge in [-0.15, -0.1) is 0 Å². The van der Waals surface area contributed by atoms with E-state index in [2.05, 4.69) is 26.7 Å². The summed E-state index contributed by atoms with van der Waals surface area (Å²) >= 11 is 0. The predicted octanol–water partition coefficient (Wildman–Crippen LogP) is 2.15. The Balaban J connectivity index is 2.71. The Labute approximate surface area is 164 Å². The van der Waals surface area contributed by atoms with Gasteiger partial charge < -0.3 is 14.8 Å². The molecule has 28 heavy (non-hydrogen) atoms. The van der Waals surface area contributed by atoms with Gasteiger partial charge in [-0.2, -0.15) is 5.10 Å². The maximum Gasteiger partial charge on any atom is 0.422 e. The highest BCUT2D eigenvalue weighted by molar-refractivity contribution is 6.05. The van der Waals surface area contributed by atoms with E-state index in [1.165, 1.54) is 6.92 Å². The quantitative estimate of drug-likeness (QED) is 0.319. The molecule has 4 N–H and O–H groups in total. The van der Waals surface area contributed by atoms with Gasteiger partial charge >= 0.3 is 18.1 Å². The summed E-state index contributed by atoms with van der Waals surface area (Å²) in [5.74, 6) is -0.676. The van der Waals surface area contributed by atoms with Crippen molar-refractivity contribution in [2.75, 3.05) is 11.9 Å². The van der Waals surface area contributed by atoms with Crippen molar-refractivity contribution in [2.45, 2.75) is 46.3 Å². The summed E-state index contributed by atoms with van der Waals surface area (Å²) in [4.78, 5) is 35.8. The van der Waals surface area contributed by atoms with Gasteiger partial charge in [-0.1, -0.05) is 18.2 Å². The fourth-order valence-electron chi connectivity index (χ4n) is 1.88. The summed E-state index contributed by atoms with van der Waals surface area (Å²) in [5.41, 5.74) is 7.09. The molecule has 1 rings (SSSR count). The molecule has 3 amide bonds. The number of hydrazine groups is 1. The number of rotatable bonds is 7. The molecular formula is C18H27N5O5. The van der Waals surface area contributed by atoms with Crippen LogP contribution in [0, 0.1) is 0 Å².